The van der Waals surface area contributed by atoms with Gasteiger partial charge in [0.05, 0.1) is 5.56 Å². The van der Waals surface area contributed by atoms with Crippen LogP contribution in [0.4, 0.5) is 8.78 Å². The average molecular weight is 312 g/mol. The van der Waals surface area contributed by atoms with Crippen LogP contribution in [-0.2, 0) is 0 Å². The van der Waals surface area contributed by atoms with Crippen molar-refractivity contribution in [2.24, 2.45) is 0 Å². The molecule has 1 N–H and O–H groups in total. The fourth-order valence-electron chi connectivity index (χ4n) is 3.13. The molecule has 0 radical (unpaired) electrons. The zero-order valence-corrected chi connectivity index (χ0v) is 11.7. The first-order valence-corrected chi connectivity index (χ1v) is 6.94. The van der Waals surface area contributed by atoms with Crippen molar-refractivity contribution < 1.29 is 23.4 Å². The topological polar surface area (TPSA) is 46.5 Å². The van der Waals surface area contributed by atoms with Crippen molar-refractivity contribution in [3.05, 3.63) is 54.1 Å². The van der Waals surface area contributed by atoms with Crippen molar-refractivity contribution in [2.75, 3.05) is 0 Å². The second-order valence-corrected chi connectivity index (χ2v) is 5.33. The highest BCUT2D eigenvalue weighted by Gasteiger charge is 2.16. The summed E-state index contributed by atoms with van der Waals surface area (Å²) in [5.74, 6) is -1.01. The number of hydrogen-bond donors (Lipinski definition) is 1. The predicted octanol–water partition coefficient (Wildman–Crippen LogP) is 4.88. The fraction of sp³-hybridized carbons (Fsp3) is 0.0556. The van der Waals surface area contributed by atoms with Crippen molar-refractivity contribution >= 4 is 38.3 Å². The third kappa shape index (κ3) is 2.04. The first kappa shape index (κ1) is 13.7. The van der Waals surface area contributed by atoms with E-state index in [0.29, 0.717) is 10.8 Å². The summed E-state index contributed by atoms with van der Waals surface area (Å²) >= 11 is 0. The quantitative estimate of drug-likeness (QED) is 0.548. The van der Waals surface area contributed by atoms with Crippen molar-refractivity contribution in [1.29, 1.82) is 0 Å². The number of alkyl halides is 2. The molecule has 0 aliphatic heterocycles. The Kier molecular flexibility index (Phi) is 2.84. The molecule has 4 aromatic rings. The van der Waals surface area contributed by atoms with E-state index in [-0.39, 0.29) is 11.3 Å². The van der Waals surface area contributed by atoms with E-state index in [4.69, 9.17) is 0 Å². The van der Waals surface area contributed by atoms with Gasteiger partial charge in [-0.2, -0.15) is 8.78 Å². The van der Waals surface area contributed by atoms with E-state index < -0.39 is 12.6 Å². The molecule has 3 nitrogen and oxygen atoms in total. The molecule has 0 saturated carbocycles. The van der Waals surface area contributed by atoms with Gasteiger partial charge in [0.2, 0.25) is 0 Å². The van der Waals surface area contributed by atoms with Gasteiger partial charge in [-0.05, 0) is 39.7 Å². The van der Waals surface area contributed by atoms with Gasteiger partial charge in [0.25, 0.3) is 0 Å². The van der Waals surface area contributed by atoms with Gasteiger partial charge >= 0.3 is 12.6 Å². The second-order valence-electron chi connectivity index (χ2n) is 5.33. The maximum atomic E-state index is 12.7. The minimum absolute atomic E-state index is 0.0492. The van der Waals surface area contributed by atoms with Gasteiger partial charge in [0, 0.05) is 10.8 Å². The van der Waals surface area contributed by atoms with E-state index in [1.807, 2.05) is 18.2 Å². The number of carboxylic acids is 1. The maximum Gasteiger partial charge on any atom is 0.387 e. The molecule has 114 valence electrons. The molecule has 0 spiro atoms. The molecule has 0 aliphatic carbocycles. The number of rotatable bonds is 3. The summed E-state index contributed by atoms with van der Waals surface area (Å²) in [6.07, 6.45) is 0. The largest absolute Gasteiger partial charge is 0.478 e. The Morgan fingerprint density at radius 1 is 0.957 bits per heavy atom. The Morgan fingerprint density at radius 2 is 1.70 bits per heavy atom. The van der Waals surface area contributed by atoms with Gasteiger partial charge in [-0.3, -0.25) is 0 Å². The molecule has 0 aromatic heterocycles. The van der Waals surface area contributed by atoms with Crippen LogP contribution in [0, 0.1) is 0 Å². The summed E-state index contributed by atoms with van der Waals surface area (Å²) in [6, 6.07) is 13.6. The van der Waals surface area contributed by atoms with Gasteiger partial charge in [-0.25, -0.2) is 4.79 Å². The molecule has 0 unspecified atom stereocenters. The Morgan fingerprint density at radius 3 is 2.43 bits per heavy atom. The molecule has 0 fully saturated rings. The minimum atomic E-state index is -2.94. The van der Waals surface area contributed by atoms with E-state index in [1.165, 1.54) is 12.1 Å². The average Bonchev–Trinajstić information content (AvgIpc) is 2.52. The van der Waals surface area contributed by atoms with Crippen LogP contribution in [0.25, 0.3) is 32.3 Å². The molecule has 0 atom stereocenters. The van der Waals surface area contributed by atoms with E-state index in [2.05, 4.69) is 4.74 Å². The molecule has 4 aromatic carbocycles. The van der Waals surface area contributed by atoms with Gasteiger partial charge in [-0.15, -0.1) is 0 Å². The van der Waals surface area contributed by atoms with Crippen molar-refractivity contribution in [3.8, 4) is 5.75 Å². The number of aromatic carboxylic acids is 1. The SMILES string of the molecule is O=C(O)c1cc2ccc3cccc4c(OC(F)F)cc(c1)c2c34. The predicted molar refractivity (Wildman–Crippen MR) is 83.7 cm³/mol. The number of halogens is 2. The smallest absolute Gasteiger partial charge is 0.387 e. The molecule has 0 saturated heterocycles. The molecule has 5 heteroatoms. The molecule has 0 aliphatic rings. The maximum absolute atomic E-state index is 12.7. The van der Waals surface area contributed by atoms with Crippen molar-refractivity contribution in [2.45, 2.75) is 6.61 Å². The molecule has 4 rings (SSSR count). The van der Waals surface area contributed by atoms with Crippen LogP contribution in [0.15, 0.2) is 48.5 Å². The van der Waals surface area contributed by atoms with Crippen LogP contribution < -0.4 is 4.74 Å². The molecular weight excluding hydrogens is 302 g/mol. The number of carboxylic acid groups (broad SMARTS) is 1. The lowest BCUT2D eigenvalue weighted by atomic mass is 9.92. The lowest BCUT2D eigenvalue weighted by Gasteiger charge is -2.15. The summed E-state index contributed by atoms with van der Waals surface area (Å²) in [7, 11) is 0. The minimum Gasteiger partial charge on any atom is -0.478 e. The first-order chi connectivity index (χ1) is 11.0. The molecule has 23 heavy (non-hydrogen) atoms. The molecular formula is C18H10F2O3. The Hall–Kier alpha value is -2.95. The highest BCUT2D eigenvalue weighted by Crippen LogP contribution is 2.40. The van der Waals surface area contributed by atoms with Crippen LogP contribution in [0.1, 0.15) is 10.4 Å². The van der Waals surface area contributed by atoms with Crippen LogP contribution in [0.3, 0.4) is 0 Å². The van der Waals surface area contributed by atoms with E-state index in [0.717, 1.165) is 21.5 Å². The van der Waals surface area contributed by atoms with Crippen molar-refractivity contribution in [1.82, 2.24) is 0 Å². The first-order valence-electron chi connectivity index (χ1n) is 6.94. The molecule has 0 bridgehead atoms. The summed E-state index contributed by atoms with van der Waals surface area (Å²) in [6.45, 7) is -2.94. The third-order valence-electron chi connectivity index (χ3n) is 4.00. The van der Waals surface area contributed by atoms with E-state index in [9.17, 15) is 18.7 Å². The summed E-state index contributed by atoms with van der Waals surface area (Å²) in [5.41, 5.74) is 0.110. The van der Waals surface area contributed by atoms with Gasteiger partial charge in [0.15, 0.2) is 0 Å². The van der Waals surface area contributed by atoms with Crippen LogP contribution in [0.2, 0.25) is 0 Å². The van der Waals surface area contributed by atoms with Crippen LogP contribution >= 0.6 is 0 Å². The third-order valence-corrected chi connectivity index (χ3v) is 4.00. The Bertz CT molecular complexity index is 1060. The van der Waals surface area contributed by atoms with Gasteiger partial charge in [0.1, 0.15) is 5.75 Å². The number of ether oxygens (including phenoxy) is 1. The van der Waals surface area contributed by atoms with Crippen LogP contribution in [0.5, 0.6) is 5.75 Å². The molecule has 0 heterocycles. The zero-order valence-electron chi connectivity index (χ0n) is 11.7. The standard InChI is InChI=1S/C18H10F2O3/c19-18(20)23-14-8-11-7-12(17(21)22)6-10-5-4-9-2-1-3-13(14)16(9)15(10)11/h1-8,18H,(H,21,22). The monoisotopic (exact) mass is 312 g/mol. The second kappa shape index (κ2) is 4.78. The summed E-state index contributed by atoms with van der Waals surface area (Å²) in [5, 5.41) is 13.7. The van der Waals surface area contributed by atoms with Gasteiger partial charge < -0.3 is 9.84 Å². The number of carbonyl (C=O) groups is 1. The number of benzene rings is 4. The molecule has 0 amide bonds. The normalized spacial score (nSPS) is 11.8. The summed E-state index contributed by atoms with van der Waals surface area (Å²) in [4.78, 5) is 11.3. The Labute approximate surface area is 129 Å². The van der Waals surface area contributed by atoms with E-state index >= 15 is 0 Å². The Balaban J connectivity index is 2.21. The van der Waals surface area contributed by atoms with Crippen LogP contribution in [-0.4, -0.2) is 17.7 Å². The van der Waals surface area contributed by atoms with Gasteiger partial charge in [-0.1, -0.05) is 30.3 Å². The van der Waals surface area contributed by atoms with E-state index in [1.54, 1.807) is 18.2 Å². The zero-order chi connectivity index (χ0) is 16.1. The summed E-state index contributed by atoms with van der Waals surface area (Å²) < 4.78 is 30.1. The lowest BCUT2D eigenvalue weighted by Crippen LogP contribution is -2.03. The highest BCUT2D eigenvalue weighted by atomic mass is 19.3. The highest BCUT2D eigenvalue weighted by molar-refractivity contribution is 6.25. The number of hydrogen-bond acceptors (Lipinski definition) is 2. The fourth-order valence-corrected chi connectivity index (χ4v) is 3.13. The lowest BCUT2D eigenvalue weighted by molar-refractivity contribution is -0.0487. The van der Waals surface area contributed by atoms with Crippen molar-refractivity contribution in [3.63, 3.8) is 0 Å².